The lowest BCUT2D eigenvalue weighted by Gasteiger charge is -2.36. The molecule has 5 nitrogen and oxygen atoms in total. The lowest BCUT2D eigenvalue weighted by molar-refractivity contribution is -0.152. The van der Waals surface area contributed by atoms with Crippen LogP contribution < -0.4 is 0 Å². The van der Waals surface area contributed by atoms with Gasteiger partial charge in [-0.15, -0.1) is 11.3 Å². The van der Waals surface area contributed by atoms with Crippen molar-refractivity contribution in [3.05, 3.63) is 28.8 Å². The number of ketones is 1. The SMILES string of the molecule is CC1CC(c2ccc3sc(CF)nc3c2)OC(=O)CCC(C)(C)C(=O)[C@H](C)C(O)[C@@H](C)CCCC1(C)C. The van der Waals surface area contributed by atoms with Gasteiger partial charge >= 0.3 is 5.97 Å². The number of cyclic esters (lactones) is 1. The van der Waals surface area contributed by atoms with E-state index < -0.39 is 30.2 Å². The van der Waals surface area contributed by atoms with Gasteiger partial charge < -0.3 is 9.84 Å². The molecule has 1 saturated heterocycles. The molecule has 1 aromatic carbocycles. The number of Topliss-reactive ketones (excluding diaryl/α,β-unsaturated/α-hetero) is 1. The number of rotatable bonds is 2. The van der Waals surface area contributed by atoms with Crippen molar-refractivity contribution in [2.75, 3.05) is 0 Å². The number of benzene rings is 1. The number of thiazole rings is 1. The minimum absolute atomic E-state index is 0.0120. The number of halogens is 1. The summed E-state index contributed by atoms with van der Waals surface area (Å²) in [5.41, 5.74) is 0.824. The highest BCUT2D eigenvalue weighted by atomic mass is 32.1. The lowest BCUT2D eigenvalue weighted by atomic mass is 9.71. The average molecular weight is 534 g/mol. The smallest absolute Gasteiger partial charge is 0.306 e. The number of carbonyl (C=O) groups is 2. The summed E-state index contributed by atoms with van der Waals surface area (Å²) < 4.78 is 20.2. The predicted molar refractivity (Wildman–Crippen MR) is 147 cm³/mol. The van der Waals surface area contributed by atoms with E-state index in [1.807, 2.05) is 39.0 Å². The van der Waals surface area contributed by atoms with Crippen LogP contribution in [0.15, 0.2) is 18.2 Å². The summed E-state index contributed by atoms with van der Waals surface area (Å²) in [5.74, 6) is -0.580. The van der Waals surface area contributed by atoms with Gasteiger partial charge in [0.05, 0.1) is 16.3 Å². The van der Waals surface area contributed by atoms with Crippen molar-refractivity contribution in [2.24, 2.45) is 28.6 Å². The van der Waals surface area contributed by atoms with Crippen molar-refractivity contribution in [2.45, 2.75) is 106 Å². The number of alkyl halides is 1. The quantitative estimate of drug-likeness (QED) is 0.402. The first-order valence-electron chi connectivity index (χ1n) is 13.6. The van der Waals surface area contributed by atoms with Gasteiger partial charge in [0.2, 0.25) is 0 Å². The van der Waals surface area contributed by atoms with E-state index >= 15 is 0 Å². The number of carbonyl (C=O) groups excluding carboxylic acids is 2. The maximum atomic E-state index is 13.3. The van der Waals surface area contributed by atoms with Gasteiger partial charge in [0.15, 0.2) is 0 Å². The van der Waals surface area contributed by atoms with Crippen LogP contribution in [-0.2, 0) is 21.0 Å². The largest absolute Gasteiger partial charge is 0.457 e. The second kappa shape index (κ2) is 11.9. The molecule has 2 aromatic rings. The molecule has 0 saturated carbocycles. The van der Waals surface area contributed by atoms with Crippen LogP contribution in [0.4, 0.5) is 4.39 Å². The standard InChI is InChI=1S/C30H44FNO4S/c1-18-9-8-13-29(4,5)19(2)15-23(21-10-11-24-22(16-21)32-25(17-31)37-24)36-26(33)12-14-30(6,7)28(35)20(3)27(18)34/h10-11,16,18-20,23,27,34H,8-9,12-15,17H2,1-7H3/t18-,19?,20+,23?,27?/m0/s1. The third-order valence-electron chi connectivity index (χ3n) is 8.73. The van der Waals surface area contributed by atoms with Crippen molar-refractivity contribution in [1.82, 2.24) is 4.98 Å². The molecule has 0 aliphatic carbocycles. The van der Waals surface area contributed by atoms with E-state index in [0.717, 1.165) is 35.0 Å². The van der Waals surface area contributed by atoms with Crippen molar-refractivity contribution < 1.29 is 23.8 Å². The molecule has 0 radical (unpaired) electrons. The molecule has 2 heterocycles. The minimum Gasteiger partial charge on any atom is -0.457 e. The molecule has 1 N–H and O–H groups in total. The summed E-state index contributed by atoms with van der Waals surface area (Å²) >= 11 is 1.34. The van der Waals surface area contributed by atoms with E-state index in [2.05, 4.69) is 25.8 Å². The first-order chi connectivity index (χ1) is 17.2. The molecule has 206 valence electrons. The second-order valence-corrected chi connectivity index (χ2v) is 13.6. The van der Waals surface area contributed by atoms with Crippen molar-refractivity contribution in [1.29, 1.82) is 0 Å². The number of hydrogen-bond acceptors (Lipinski definition) is 6. The molecule has 0 spiro atoms. The molecule has 3 rings (SSSR count). The number of nitrogens with zero attached hydrogens (tertiary/aromatic N) is 1. The topological polar surface area (TPSA) is 76.5 Å². The first kappa shape index (κ1) is 29.7. The number of ether oxygens (including phenoxy) is 1. The summed E-state index contributed by atoms with van der Waals surface area (Å²) in [7, 11) is 0. The summed E-state index contributed by atoms with van der Waals surface area (Å²) in [4.78, 5) is 30.7. The van der Waals surface area contributed by atoms with Crippen LogP contribution in [0.2, 0.25) is 0 Å². The zero-order valence-electron chi connectivity index (χ0n) is 23.5. The zero-order chi connectivity index (χ0) is 27.5. The van der Waals surface area contributed by atoms with Gasteiger partial charge in [0.25, 0.3) is 0 Å². The van der Waals surface area contributed by atoms with Gasteiger partial charge in [0, 0.05) is 17.8 Å². The molecule has 5 atom stereocenters. The highest BCUT2D eigenvalue weighted by molar-refractivity contribution is 7.18. The molecule has 1 aromatic heterocycles. The van der Waals surface area contributed by atoms with Crippen LogP contribution in [0.1, 0.15) is 104 Å². The first-order valence-corrected chi connectivity index (χ1v) is 14.4. The number of fused-ring (bicyclic) bond motifs is 1. The highest BCUT2D eigenvalue weighted by Gasteiger charge is 2.38. The number of esters is 1. The molecule has 1 aliphatic rings. The Morgan fingerprint density at radius 1 is 1.14 bits per heavy atom. The molecule has 1 aliphatic heterocycles. The Bertz CT molecular complexity index is 1090. The van der Waals surface area contributed by atoms with E-state index in [0.29, 0.717) is 17.8 Å². The van der Waals surface area contributed by atoms with E-state index in [9.17, 15) is 19.1 Å². The molecule has 7 heteroatoms. The third-order valence-corrected chi connectivity index (χ3v) is 9.73. The molecule has 0 amide bonds. The van der Waals surface area contributed by atoms with Crippen LogP contribution in [0, 0.1) is 28.6 Å². The van der Waals surface area contributed by atoms with Crippen molar-refractivity contribution >= 4 is 33.3 Å². The van der Waals surface area contributed by atoms with Gasteiger partial charge in [-0.1, -0.05) is 61.0 Å². The second-order valence-electron chi connectivity index (χ2n) is 12.5. The van der Waals surface area contributed by atoms with E-state index in [4.69, 9.17) is 4.74 Å². The van der Waals surface area contributed by atoms with Crippen LogP contribution in [0.25, 0.3) is 10.2 Å². The fourth-order valence-corrected chi connectivity index (χ4v) is 6.26. The number of aliphatic hydroxyl groups is 1. The minimum atomic E-state index is -0.747. The lowest BCUT2D eigenvalue weighted by Crippen LogP contribution is -2.39. The maximum Gasteiger partial charge on any atom is 0.306 e. The normalized spacial score (nSPS) is 30.2. The summed E-state index contributed by atoms with van der Waals surface area (Å²) in [5, 5.41) is 11.4. The van der Waals surface area contributed by atoms with E-state index in [-0.39, 0.29) is 35.4 Å². The molecule has 1 fully saturated rings. The van der Waals surface area contributed by atoms with Gasteiger partial charge in [-0.2, -0.15) is 0 Å². The highest BCUT2D eigenvalue weighted by Crippen LogP contribution is 2.41. The fraction of sp³-hybridized carbons (Fsp3) is 0.700. The van der Waals surface area contributed by atoms with Crippen LogP contribution in [-0.4, -0.2) is 27.9 Å². The fourth-order valence-electron chi connectivity index (χ4n) is 5.46. The number of aromatic nitrogens is 1. The summed E-state index contributed by atoms with van der Waals surface area (Å²) in [6.45, 7) is 13.6. The Morgan fingerprint density at radius 2 is 1.84 bits per heavy atom. The Labute approximate surface area is 225 Å². The molecular formula is C30H44FNO4S. The molecule has 3 unspecified atom stereocenters. The van der Waals surface area contributed by atoms with Gasteiger partial charge in [0.1, 0.15) is 23.6 Å². The van der Waals surface area contributed by atoms with Gasteiger partial charge in [-0.3, -0.25) is 9.59 Å². The average Bonchev–Trinajstić information content (AvgIpc) is 3.27. The van der Waals surface area contributed by atoms with Gasteiger partial charge in [-0.05, 0) is 60.6 Å². The van der Waals surface area contributed by atoms with Crippen LogP contribution in [0.5, 0.6) is 0 Å². The summed E-state index contributed by atoms with van der Waals surface area (Å²) in [6, 6.07) is 5.80. The number of aliphatic hydroxyl groups excluding tert-OH is 1. The number of hydrogen-bond donors (Lipinski definition) is 1. The molecule has 37 heavy (non-hydrogen) atoms. The third kappa shape index (κ3) is 7.17. The summed E-state index contributed by atoms with van der Waals surface area (Å²) in [6.07, 6.45) is 2.74. The van der Waals surface area contributed by atoms with E-state index in [1.165, 1.54) is 11.3 Å². The molecule has 0 bridgehead atoms. The maximum absolute atomic E-state index is 13.3. The van der Waals surface area contributed by atoms with Crippen molar-refractivity contribution in [3.8, 4) is 0 Å². The van der Waals surface area contributed by atoms with Crippen LogP contribution >= 0.6 is 11.3 Å². The Morgan fingerprint density at radius 3 is 2.51 bits per heavy atom. The Kier molecular flexibility index (Phi) is 9.55. The van der Waals surface area contributed by atoms with E-state index in [1.54, 1.807) is 6.92 Å². The predicted octanol–water partition coefficient (Wildman–Crippen LogP) is 7.60. The Balaban J connectivity index is 1.92. The monoisotopic (exact) mass is 533 g/mol. The van der Waals surface area contributed by atoms with Crippen LogP contribution in [0.3, 0.4) is 0 Å². The molecular weight excluding hydrogens is 489 g/mol. The van der Waals surface area contributed by atoms with Gasteiger partial charge in [-0.25, -0.2) is 9.37 Å². The zero-order valence-corrected chi connectivity index (χ0v) is 24.3. The Hall–Kier alpha value is -1.86. The van der Waals surface area contributed by atoms with Crippen molar-refractivity contribution in [3.63, 3.8) is 0 Å².